The maximum absolute atomic E-state index is 15.0. The number of carboxylic acids is 1. The number of carbonyl (C=O) groups is 1. The van der Waals surface area contributed by atoms with Gasteiger partial charge in [-0.05, 0) is 76.9 Å². The number of rotatable bonds is 12. The fourth-order valence-electron chi connectivity index (χ4n) is 4.26. The van der Waals surface area contributed by atoms with Gasteiger partial charge in [0.05, 0.1) is 13.2 Å². The average Bonchev–Trinajstić information content (AvgIpc) is 2.92. The number of methoxy groups -OCH3 is 2. The van der Waals surface area contributed by atoms with Crippen LogP contribution in [0.5, 0.6) is 11.5 Å². The number of ether oxygens (including phenoxy) is 3. The first-order valence-electron chi connectivity index (χ1n) is 13.5. The molecule has 0 amide bonds. The molecule has 0 spiro atoms. The normalized spacial score (nSPS) is 11.8. The molecule has 0 aliphatic carbocycles. The minimum Gasteiger partial charge on any atom is -0.497 e. The molecule has 3 rings (SSSR count). The third-order valence-corrected chi connectivity index (χ3v) is 6.65. The predicted molar refractivity (Wildman–Crippen MR) is 155 cm³/mol. The van der Waals surface area contributed by atoms with Gasteiger partial charge in [0.15, 0.2) is 0 Å². The first-order chi connectivity index (χ1) is 18.6. The molecule has 1 atom stereocenters. The van der Waals surface area contributed by atoms with Crippen molar-refractivity contribution in [1.82, 2.24) is 0 Å². The lowest BCUT2D eigenvalue weighted by atomic mass is 9.77. The minimum atomic E-state index is -0.830. The second-order valence-electron chi connectivity index (χ2n) is 10.3. The van der Waals surface area contributed by atoms with E-state index in [-0.39, 0.29) is 23.8 Å². The van der Waals surface area contributed by atoms with E-state index >= 15 is 0 Å². The van der Waals surface area contributed by atoms with Gasteiger partial charge in [-0.2, -0.15) is 0 Å². The molecule has 0 fully saturated rings. The molecule has 6 heteroatoms. The van der Waals surface area contributed by atoms with Crippen molar-refractivity contribution in [3.63, 3.8) is 0 Å². The van der Waals surface area contributed by atoms with E-state index in [4.69, 9.17) is 19.3 Å². The highest BCUT2D eigenvalue weighted by Crippen LogP contribution is 2.44. The van der Waals surface area contributed by atoms with E-state index in [1.807, 2.05) is 42.5 Å². The molecule has 0 radical (unpaired) electrons. The van der Waals surface area contributed by atoms with Crippen LogP contribution >= 0.6 is 0 Å². The predicted octanol–water partition coefficient (Wildman–Crippen LogP) is 8.64. The Labute approximate surface area is 232 Å². The van der Waals surface area contributed by atoms with Crippen LogP contribution in [0.25, 0.3) is 11.1 Å². The van der Waals surface area contributed by atoms with E-state index < -0.39 is 5.97 Å². The van der Waals surface area contributed by atoms with Crippen LogP contribution in [0.15, 0.2) is 60.7 Å². The Kier molecular flexibility index (Phi) is 12.5. The quantitative estimate of drug-likeness (QED) is 0.250. The lowest BCUT2D eigenvalue weighted by molar-refractivity contribution is -0.136. The molecular weight excluding hydrogens is 495 g/mol. The van der Waals surface area contributed by atoms with Crippen LogP contribution in [-0.2, 0) is 22.6 Å². The maximum atomic E-state index is 15.0. The summed E-state index contributed by atoms with van der Waals surface area (Å²) in [7, 11) is 3.24. The summed E-state index contributed by atoms with van der Waals surface area (Å²) < 4.78 is 32.4. The number of aryl methyl sites for hydroxylation is 1. The molecule has 212 valence electrons. The first kappa shape index (κ1) is 31.8. The monoisotopic (exact) mass is 538 g/mol. The number of aliphatic carboxylic acids is 1. The van der Waals surface area contributed by atoms with Crippen LogP contribution < -0.4 is 9.47 Å². The summed E-state index contributed by atoms with van der Waals surface area (Å²) in [5, 5.41) is 8.94. The summed E-state index contributed by atoms with van der Waals surface area (Å²) in [5.41, 5.74) is 3.71. The van der Waals surface area contributed by atoms with Crippen molar-refractivity contribution in [2.24, 2.45) is 5.41 Å². The summed E-state index contributed by atoms with van der Waals surface area (Å²) in [4.78, 5) is 10.9. The molecule has 1 unspecified atom stereocenters. The summed E-state index contributed by atoms with van der Waals surface area (Å²) in [5.74, 6) is 0.0864. The zero-order chi connectivity index (χ0) is 29.0. The van der Waals surface area contributed by atoms with Crippen molar-refractivity contribution in [1.29, 1.82) is 0 Å². The Balaban J connectivity index is 0.00000170. The number of benzene rings is 3. The summed E-state index contributed by atoms with van der Waals surface area (Å²) in [6.07, 6.45) is 2.36. The molecule has 0 aliphatic rings. The maximum Gasteiger partial charge on any atom is 0.303 e. The van der Waals surface area contributed by atoms with Gasteiger partial charge in [0.1, 0.15) is 23.9 Å². The molecule has 0 bridgehead atoms. The van der Waals surface area contributed by atoms with Crippen LogP contribution in [0.3, 0.4) is 0 Å². The van der Waals surface area contributed by atoms with Crippen molar-refractivity contribution in [2.45, 2.75) is 73.0 Å². The molecule has 5 nitrogen and oxygen atoms in total. The van der Waals surface area contributed by atoms with E-state index in [1.165, 1.54) is 12.5 Å². The van der Waals surface area contributed by atoms with Crippen molar-refractivity contribution >= 4 is 5.97 Å². The highest BCUT2D eigenvalue weighted by atomic mass is 19.1. The van der Waals surface area contributed by atoms with E-state index in [0.29, 0.717) is 30.1 Å². The Morgan fingerprint density at radius 3 is 2.26 bits per heavy atom. The fraction of sp³-hybridized carbons (Fsp3) is 0.424. The Morgan fingerprint density at radius 1 is 0.923 bits per heavy atom. The third kappa shape index (κ3) is 9.10. The van der Waals surface area contributed by atoms with Crippen molar-refractivity contribution in [3.8, 4) is 22.6 Å². The van der Waals surface area contributed by atoms with Crippen molar-refractivity contribution in [3.05, 3.63) is 83.2 Å². The van der Waals surface area contributed by atoms with Crippen LogP contribution in [-0.4, -0.2) is 25.3 Å². The standard InChI is InChI=1S/C30H35FO5.C3H8/c1-6-30(2,3)29(35-5)26-17-21(10-13-24(26)25-18-22(34-4)12-14-27(25)31)19-36-23-9-7-8-20(16-23)11-15-28(32)33;1-3-2/h7-10,12-14,16-18,29H,6,11,15,19H2,1-5H3,(H,32,33);3H2,1-2H3. The molecule has 0 heterocycles. The zero-order valence-corrected chi connectivity index (χ0v) is 24.3. The summed E-state index contributed by atoms with van der Waals surface area (Å²) in [6, 6.07) is 18.1. The molecule has 0 saturated heterocycles. The van der Waals surface area contributed by atoms with Gasteiger partial charge in [0.2, 0.25) is 0 Å². The van der Waals surface area contributed by atoms with Gasteiger partial charge < -0.3 is 19.3 Å². The topological polar surface area (TPSA) is 65.0 Å². The average molecular weight is 539 g/mol. The van der Waals surface area contributed by atoms with Gasteiger partial charge in [-0.25, -0.2) is 4.39 Å². The van der Waals surface area contributed by atoms with Gasteiger partial charge in [-0.3, -0.25) is 4.79 Å². The highest BCUT2D eigenvalue weighted by molar-refractivity contribution is 5.70. The molecule has 3 aromatic carbocycles. The van der Waals surface area contributed by atoms with Gasteiger partial charge in [-0.1, -0.05) is 65.3 Å². The fourth-order valence-corrected chi connectivity index (χ4v) is 4.26. The molecule has 39 heavy (non-hydrogen) atoms. The van der Waals surface area contributed by atoms with Gasteiger partial charge >= 0.3 is 5.97 Å². The van der Waals surface area contributed by atoms with Crippen LogP contribution in [0.2, 0.25) is 0 Å². The summed E-state index contributed by atoms with van der Waals surface area (Å²) in [6.45, 7) is 10.9. The van der Waals surface area contributed by atoms with E-state index in [2.05, 4.69) is 34.6 Å². The lowest BCUT2D eigenvalue weighted by Crippen LogP contribution is -2.24. The SMILES string of the molecule is CCC.CCC(C)(C)C(OC)c1cc(COc2cccc(CCC(=O)O)c2)ccc1-c1cc(OC)ccc1F. The Morgan fingerprint density at radius 2 is 1.64 bits per heavy atom. The highest BCUT2D eigenvalue weighted by Gasteiger charge is 2.32. The largest absolute Gasteiger partial charge is 0.497 e. The van der Waals surface area contributed by atoms with Gasteiger partial charge in [0.25, 0.3) is 0 Å². The second kappa shape index (κ2) is 15.3. The molecule has 1 N–H and O–H groups in total. The van der Waals surface area contributed by atoms with Crippen LogP contribution in [0.4, 0.5) is 4.39 Å². The third-order valence-electron chi connectivity index (χ3n) is 6.65. The zero-order valence-electron chi connectivity index (χ0n) is 24.3. The van der Waals surface area contributed by atoms with Gasteiger partial charge in [-0.15, -0.1) is 0 Å². The van der Waals surface area contributed by atoms with E-state index in [1.54, 1.807) is 26.4 Å². The number of hydrogen-bond donors (Lipinski definition) is 1. The Bertz CT molecular complexity index is 1200. The number of hydrogen-bond acceptors (Lipinski definition) is 4. The molecule has 0 saturated carbocycles. The van der Waals surface area contributed by atoms with Gasteiger partial charge in [0, 0.05) is 19.1 Å². The molecule has 0 aliphatic heterocycles. The smallest absolute Gasteiger partial charge is 0.303 e. The summed E-state index contributed by atoms with van der Waals surface area (Å²) >= 11 is 0. The van der Waals surface area contributed by atoms with Crippen LogP contribution in [0, 0.1) is 11.2 Å². The lowest BCUT2D eigenvalue weighted by Gasteiger charge is -2.34. The minimum absolute atomic E-state index is 0.0702. The Hall–Kier alpha value is -3.38. The van der Waals surface area contributed by atoms with Crippen molar-refractivity contribution < 1.29 is 28.5 Å². The molecule has 3 aromatic rings. The van der Waals surface area contributed by atoms with E-state index in [0.717, 1.165) is 28.7 Å². The molecule has 0 aromatic heterocycles. The molecular formula is C33H43FO5. The first-order valence-corrected chi connectivity index (χ1v) is 13.5. The number of carboxylic acid groups (broad SMARTS) is 1. The van der Waals surface area contributed by atoms with Crippen LogP contribution in [0.1, 0.15) is 76.7 Å². The van der Waals surface area contributed by atoms with Crippen molar-refractivity contribution in [2.75, 3.05) is 14.2 Å². The van der Waals surface area contributed by atoms with E-state index in [9.17, 15) is 9.18 Å². The second-order valence-corrected chi connectivity index (χ2v) is 10.3. The number of halogens is 1.